The van der Waals surface area contributed by atoms with E-state index < -0.39 is 5.97 Å². The number of carboxylic acids is 1. The second-order valence-corrected chi connectivity index (χ2v) is 3.49. The minimum atomic E-state index is -0.871. The molecule has 0 saturated heterocycles. The molecule has 0 saturated carbocycles. The first-order chi connectivity index (χ1) is 6.59. The van der Waals surface area contributed by atoms with Crippen LogP contribution in [0.3, 0.4) is 0 Å². The summed E-state index contributed by atoms with van der Waals surface area (Å²) in [7, 11) is 0. The predicted octanol–water partition coefficient (Wildman–Crippen LogP) is 2.89. The van der Waals surface area contributed by atoms with Crippen LogP contribution < -0.4 is 0 Å². The number of hydrogen-bond donors (Lipinski definition) is 1. The van der Waals surface area contributed by atoms with Gasteiger partial charge in [0.05, 0.1) is 5.56 Å². The van der Waals surface area contributed by atoms with E-state index in [2.05, 4.69) is 6.08 Å². The maximum atomic E-state index is 10.7. The number of benzene rings is 1. The highest BCUT2D eigenvalue weighted by Crippen LogP contribution is 2.07. The summed E-state index contributed by atoms with van der Waals surface area (Å²) < 4.78 is 0. The Labute approximate surface area is 83.9 Å². The van der Waals surface area contributed by atoms with Gasteiger partial charge in [0.25, 0.3) is 0 Å². The summed E-state index contributed by atoms with van der Waals surface area (Å²) in [6.07, 6.45) is 2.88. The lowest BCUT2D eigenvalue weighted by Gasteiger charge is -1.99. The molecule has 74 valence electrons. The second kappa shape index (κ2) is 4.61. The third-order valence-electron chi connectivity index (χ3n) is 1.92. The monoisotopic (exact) mass is 190 g/mol. The number of allylic oxidation sites excluding steroid dienone is 2. The number of carbonyl (C=O) groups is 1. The molecule has 1 aromatic carbocycles. The van der Waals surface area contributed by atoms with Gasteiger partial charge in [-0.15, -0.1) is 0 Å². The Morgan fingerprint density at radius 3 is 2.71 bits per heavy atom. The zero-order valence-corrected chi connectivity index (χ0v) is 8.45. The highest BCUT2D eigenvalue weighted by atomic mass is 16.4. The van der Waals surface area contributed by atoms with Gasteiger partial charge in [0.2, 0.25) is 0 Å². The second-order valence-electron chi connectivity index (χ2n) is 3.49. The fraction of sp³-hybridized carbons (Fsp3) is 0.250. The van der Waals surface area contributed by atoms with Crippen LogP contribution >= 0.6 is 0 Å². The molecule has 0 atom stereocenters. The Hall–Kier alpha value is -1.57. The topological polar surface area (TPSA) is 37.3 Å². The molecule has 0 bridgehead atoms. The van der Waals surface area contributed by atoms with Crippen molar-refractivity contribution in [1.29, 1.82) is 0 Å². The van der Waals surface area contributed by atoms with E-state index in [0.717, 1.165) is 12.0 Å². The van der Waals surface area contributed by atoms with E-state index in [0.29, 0.717) is 5.56 Å². The molecule has 0 unspecified atom stereocenters. The Balaban J connectivity index is 2.84. The van der Waals surface area contributed by atoms with Crippen LogP contribution in [0.25, 0.3) is 0 Å². The molecule has 2 nitrogen and oxygen atoms in total. The summed E-state index contributed by atoms with van der Waals surface area (Å²) >= 11 is 0. The summed E-state index contributed by atoms with van der Waals surface area (Å²) in [6, 6.07) is 7.03. The van der Waals surface area contributed by atoms with E-state index >= 15 is 0 Å². The molecule has 0 aromatic heterocycles. The van der Waals surface area contributed by atoms with Crippen LogP contribution in [0, 0.1) is 0 Å². The average molecular weight is 190 g/mol. The molecule has 14 heavy (non-hydrogen) atoms. The Morgan fingerprint density at radius 1 is 1.43 bits per heavy atom. The molecule has 0 heterocycles. The lowest BCUT2D eigenvalue weighted by Crippen LogP contribution is -1.96. The molecule has 0 aliphatic heterocycles. The SMILES string of the molecule is CC(C)=CCc1cccc(C(=O)O)c1. The number of aromatic carboxylic acids is 1. The van der Waals surface area contributed by atoms with Gasteiger partial charge in [0.15, 0.2) is 0 Å². The molecule has 1 aromatic rings. The highest BCUT2D eigenvalue weighted by molar-refractivity contribution is 5.87. The first-order valence-corrected chi connectivity index (χ1v) is 4.55. The molecule has 0 aliphatic carbocycles. The van der Waals surface area contributed by atoms with Crippen LogP contribution in [-0.2, 0) is 6.42 Å². The summed E-state index contributed by atoms with van der Waals surface area (Å²) in [5.74, 6) is -0.871. The van der Waals surface area contributed by atoms with Gasteiger partial charge in [-0.25, -0.2) is 4.79 Å². The third-order valence-corrected chi connectivity index (χ3v) is 1.92. The van der Waals surface area contributed by atoms with Crippen LogP contribution in [-0.4, -0.2) is 11.1 Å². The molecule has 1 rings (SSSR count). The minimum Gasteiger partial charge on any atom is -0.478 e. The molecule has 0 amide bonds. The average Bonchev–Trinajstić information content (AvgIpc) is 2.15. The normalized spacial score (nSPS) is 9.57. The molecule has 2 heteroatoms. The van der Waals surface area contributed by atoms with Crippen LogP contribution in [0.1, 0.15) is 29.8 Å². The fourth-order valence-electron chi connectivity index (χ4n) is 1.15. The van der Waals surface area contributed by atoms with Gasteiger partial charge in [-0.2, -0.15) is 0 Å². The van der Waals surface area contributed by atoms with Gasteiger partial charge in [-0.05, 0) is 38.0 Å². The lowest BCUT2D eigenvalue weighted by atomic mass is 10.1. The van der Waals surface area contributed by atoms with Crippen molar-refractivity contribution >= 4 is 5.97 Å². The van der Waals surface area contributed by atoms with Gasteiger partial charge in [-0.1, -0.05) is 23.8 Å². The standard InChI is InChI=1S/C12H14O2/c1-9(2)6-7-10-4-3-5-11(8-10)12(13)14/h3-6,8H,7H2,1-2H3,(H,13,14). The van der Waals surface area contributed by atoms with Crippen LogP contribution in [0.5, 0.6) is 0 Å². The quantitative estimate of drug-likeness (QED) is 0.744. The summed E-state index contributed by atoms with van der Waals surface area (Å²) in [4.78, 5) is 10.7. The van der Waals surface area contributed by atoms with Crippen molar-refractivity contribution in [2.45, 2.75) is 20.3 Å². The van der Waals surface area contributed by atoms with Gasteiger partial charge in [0.1, 0.15) is 0 Å². The van der Waals surface area contributed by atoms with Crippen molar-refractivity contribution in [3.05, 3.63) is 47.0 Å². The molecular formula is C12H14O2. The smallest absolute Gasteiger partial charge is 0.335 e. The summed E-state index contributed by atoms with van der Waals surface area (Å²) in [5, 5.41) is 8.77. The fourth-order valence-corrected chi connectivity index (χ4v) is 1.15. The number of hydrogen-bond acceptors (Lipinski definition) is 1. The van der Waals surface area contributed by atoms with Crippen LogP contribution in [0.2, 0.25) is 0 Å². The largest absolute Gasteiger partial charge is 0.478 e. The maximum Gasteiger partial charge on any atom is 0.335 e. The van der Waals surface area contributed by atoms with Crippen molar-refractivity contribution in [3.63, 3.8) is 0 Å². The zero-order chi connectivity index (χ0) is 10.6. The van der Waals surface area contributed by atoms with Crippen molar-refractivity contribution in [1.82, 2.24) is 0 Å². The van der Waals surface area contributed by atoms with Crippen LogP contribution in [0.4, 0.5) is 0 Å². The van der Waals surface area contributed by atoms with E-state index in [1.165, 1.54) is 5.57 Å². The third kappa shape index (κ3) is 3.05. The molecule has 0 spiro atoms. The van der Waals surface area contributed by atoms with Gasteiger partial charge in [0, 0.05) is 0 Å². The van der Waals surface area contributed by atoms with E-state index in [-0.39, 0.29) is 0 Å². The molecule has 0 aliphatic rings. The first-order valence-electron chi connectivity index (χ1n) is 4.55. The molecule has 0 radical (unpaired) electrons. The van der Waals surface area contributed by atoms with E-state index in [4.69, 9.17) is 5.11 Å². The van der Waals surface area contributed by atoms with Crippen molar-refractivity contribution in [2.75, 3.05) is 0 Å². The molecular weight excluding hydrogens is 176 g/mol. The molecule has 1 N–H and O–H groups in total. The minimum absolute atomic E-state index is 0.352. The van der Waals surface area contributed by atoms with Gasteiger partial charge in [-0.3, -0.25) is 0 Å². The zero-order valence-electron chi connectivity index (χ0n) is 8.45. The molecule has 0 fully saturated rings. The Morgan fingerprint density at radius 2 is 2.14 bits per heavy atom. The number of carboxylic acid groups (broad SMARTS) is 1. The van der Waals surface area contributed by atoms with Gasteiger partial charge >= 0.3 is 5.97 Å². The van der Waals surface area contributed by atoms with E-state index in [1.807, 2.05) is 19.9 Å². The Kier molecular flexibility index (Phi) is 3.46. The van der Waals surface area contributed by atoms with Crippen LogP contribution in [0.15, 0.2) is 35.9 Å². The van der Waals surface area contributed by atoms with Crippen molar-refractivity contribution in [2.24, 2.45) is 0 Å². The predicted molar refractivity (Wildman–Crippen MR) is 56.5 cm³/mol. The maximum absolute atomic E-state index is 10.7. The van der Waals surface area contributed by atoms with Crippen molar-refractivity contribution < 1.29 is 9.90 Å². The first kappa shape index (κ1) is 10.5. The van der Waals surface area contributed by atoms with E-state index in [1.54, 1.807) is 18.2 Å². The summed E-state index contributed by atoms with van der Waals surface area (Å²) in [6.45, 7) is 4.06. The Bertz CT molecular complexity index is 360. The number of rotatable bonds is 3. The van der Waals surface area contributed by atoms with Crippen molar-refractivity contribution in [3.8, 4) is 0 Å². The van der Waals surface area contributed by atoms with Gasteiger partial charge < -0.3 is 5.11 Å². The van der Waals surface area contributed by atoms with E-state index in [9.17, 15) is 4.79 Å². The lowest BCUT2D eigenvalue weighted by molar-refractivity contribution is 0.0697. The summed E-state index contributed by atoms with van der Waals surface area (Å²) in [5.41, 5.74) is 2.63. The highest BCUT2D eigenvalue weighted by Gasteiger charge is 2.01.